The van der Waals surface area contributed by atoms with Crippen molar-refractivity contribution in [2.45, 2.75) is 52.1 Å². The van der Waals surface area contributed by atoms with E-state index in [2.05, 4.69) is 13.8 Å². The molecule has 0 aromatic heterocycles. The number of carbonyl (C=O) groups is 2. The number of fused-ring (bicyclic) bond motifs is 1. The van der Waals surface area contributed by atoms with Crippen LogP contribution in [0, 0.1) is 17.3 Å². The molecule has 0 aromatic rings. The maximum Gasteiger partial charge on any atom is 0.164 e. The van der Waals surface area contributed by atoms with Gasteiger partial charge in [-0.25, -0.2) is 0 Å². The van der Waals surface area contributed by atoms with Gasteiger partial charge in [0.1, 0.15) is 11.9 Å². The van der Waals surface area contributed by atoms with E-state index < -0.39 is 5.60 Å². The molecule has 0 heterocycles. The van der Waals surface area contributed by atoms with E-state index in [4.69, 9.17) is 0 Å². The molecule has 0 spiro atoms. The van der Waals surface area contributed by atoms with Gasteiger partial charge < -0.3 is 5.11 Å². The van der Waals surface area contributed by atoms with Gasteiger partial charge in [0.2, 0.25) is 0 Å². The molecule has 0 amide bonds. The van der Waals surface area contributed by atoms with Gasteiger partial charge in [0, 0.05) is 6.42 Å². The number of hydrogen-bond donors (Lipinski definition) is 1. The van der Waals surface area contributed by atoms with Crippen molar-refractivity contribution < 1.29 is 14.7 Å². The molecule has 1 fully saturated rings. The number of aldehydes is 1. The topological polar surface area (TPSA) is 54.4 Å². The van der Waals surface area contributed by atoms with Gasteiger partial charge in [-0.3, -0.25) is 9.59 Å². The summed E-state index contributed by atoms with van der Waals surface area (Å²) < 4.78 is 0. The van der Waals surface area contributed by atoms with Crippen molar-refractivity contribution in [2.75, 3.05) is 0 Å². The predicted octanol–water partition coefficient (Wildman–Crippen LogP) is 2.28. The lowest BCUT2D eigenvalue weighted by molar-refractivity contribution is -0.135. The zero-order valence-corrected chi connectivity index (χ0v) is 11.4. The summed E-state index contributed by atoms with van der Waals surface area (Å²) in [6, 6.07) is 0. The minimum Gasteiger partial charge on any atom is -0.382 e. The zero-order chi connectivity index (χ0) is 13.6. The minimum absolute atomic E-state index is 0.0244. The van der Waals surface area contributed by atoms with Gasteiger partial charge in [0.05, 0.1) is 0 Å². The Kier molecular flexibility index (Phi) is 3.22. The second-order valence-corrected chi connectivity index (χ2v) is 6.62. The number of Topliss-reactive ketones (excluding diaryl/α,β-unsaturated/α-hetero) is 1. The first-order valence-electron chi connectivity index (χ1n) is 6.69. The zero-order valence-electron chi connectivity index (χ0n) is 11.4. The molecule has 2 aliphatic carbocycles. The van der Waals surface area contributed by atoms with Crippen LogP contribution >= 0.6 is 0 Å². The molecular weight excluding hydrogens is 228 g/mol. The summed E-state index contributed by atoms with van der Waals surface area (Å²) in [4.78, 5) is 22.9. The first kappa shape index (κ1) is 13.5. The lowest BCUT2D eigenvalue weighted by Crippen LogP contribution is -2.40. The van der Waals surface area contributed by atoms with E-state index in [1.165, 1.54) is 0 Å². The van der Waals surface area contributed by atoms with Gasteiger partial charge in [-0.1, -0.05) is 19.9 Å². The van der Waals surface area contributed by atoms with Crippen molar-refractivity contribution in [3.63, 3.8) is 0 Å². The monoisotopic (exact) mass is 250 g/mol. The van der Waals surface area contributed by atoms with Gasteiger partial charge in [-0.2, -0.15) is 0 Å². The minimum atomic E-state index is -1.22. The van der Waals surface area contributed by atoms with Gasteiger partial charge in [0.15, 0.2) is 5.78 Å². The maximum absolute atomic E-state index is 12.0. The van der Waals surface area contributed by atoms with Crippen LogP contribution in [0.2, 0.25) is 0 Å². The summed E-state index contributed by atoms with van der Waals surface area (Å²) in [7, 11) is 0. The fraction of sp³-hybridized carbons (Fsp3) is 0.733. The van der Waals surface area contributed by atoms with Gasteiger partial charge in [-0.05, 0) is 49.0 Å². The highest BCUT2D eigenvalue weighted by Crippen LogP contribution is 2.51. The van der Waals surface area contributed by atoms with E-state index in [1.54, 1.807) is 6.92 Å². The standard InChI is InChI=1S/C15H22O3/c1-14(2)7-6-10(9-16)4-5-11-12(14)8-13(17)15(11,3)18/h6,9,11-12,18H,4-5,7-8H2,1-3H3/b10-6+/t11-,12+,15+/m1/s1. The van der Waals surface area contributed by atoms with Gasteiger partial charge in [-0.15, -0.1) is 0 Å². The average molecular weight is 250 g/mol. The fourth-order valence-electron chi connectivity index (χ4n) is 3.53. The van der Waals surface area contributed by atoms with Crippen molar-refractivity contribution in [2.24, 2.45) is 17.3 Å². The highest BCUT2D eigenvalue weighted by atomic mass is 16.3. The molecule has 0 unspecified atom stereocenters. The molecule has 0 radical (unpaired) electrons. The number of ketones is 1. The van der Waals surface area contributed by atoms with E-state index in [0.29, 0.717) is 12.8 Å². The molecule has 0 aromatic carbocycles. The highest BCUT2D eigenvalue weighted by Gasteiger charge is 2.54. The van der Waals surface area contributed by atoms with Crippen LogP contribution in [0.1, 0.15) is 46.5 Å². The lowest BCUT2D eigenvalue weighted by atomic mass is 9.66. The van der Waals surface area contributed by atoms with Crippen LogP contribution in [-0.4, -0.2) is 22.8 Å². The molecule has 2 rings (SSSR count). The van der Waals surface area contributed by atoms with Gasteiger partial charge >= 0.3 is 0 Å². The summed E-state index contributed by atoms with van der Waals surface area (Å²) in [5.74, 6) is 0.147. The van der Waals surface area contributed by atoms with Crippen LogP contribution in [0.5, 0.6) is 0 Å². The molecular formula is C15H22O3. The third-order valence-corrected chi connectivity index (χ3v) is 4.97. The Balaban J connectivity index is 2.37. The lowest BCUT2D eigenvalue weighted by Gasteiger charge is -2.39. The molecule has 3 nitrogen and oxygen atoms in total. The number of hydrogen-bond acceptors (Lipinski definition) is 3. The Morgan fingerprint density at radius 1 is 1.33 bits per heavy atom. The predicted molar refractivity (Wildman–Crippen MR) is 69.0 cm³/mol. The molecule has 0 saturated heterocycles. The van der Waals surface area contributed by atoms with Crippen LogP contribution in [0.3, 0.4) is 0 Å². The number of carbonyl (C=O) groups excluding carboxylic acids is 2. The summed E-state index contributed by atoms with van der Waals surface area (Å²) in [6.07, 6.45) is 5.56. The summed E-state index contributed by atoms with van der Waals surface area (Å²) in [5.41, 5.74) is -0.459. The Labute approximate surface area is 108 Å². The van der Waals surface area contributed by atoms with Crippen LogP contribution < -0.4 is 0 Å². The quantitative estimate of drug-likeness (QED) is 0.726. The third kappa shape index (κ3) is 2.05. The van der Waals surface area contributed by atoms with Crippen LogP contribution in [0.4, 0.5) is 0 Å². The van der Waals surface area contributed by atoms with Crippen LogP contribution in [-0.2, 0) is 9.59 Å². The normalized spacial score (nSPS) is 42.4. The second-order valence-electron chi connectivity index (χ2n) is 6.62. The van der Waals surface area contributed by atoms with E-state index in [1.807, 2.05) is 6.08 Å². The molecule has 2 aliphatic rings. The molecule has 0 bridgehead atoms. The van der Waals surface area contributed by atoms with Gasteiger partial charge in [0.25, 0.3) is 0 Å². The molecule has 1 saturated carbocycles. The molecule has 3 heteroatoms. The highest BCUT2D eigenvalue weighted by molar-refractivity contribution is 5.89. The SMILES string of the molecule is CC1(C)C/C=C(/C=O)CC[C@@H]2[C@@H]1CC(=O)[C@@]2(C)O. The summed E-state index contributed by atoms with van der Waals surface area (Å²) in [6.45, 7) is 5.90. The smallest absolute Gasteiger partial charge is 0.164 e. The van der Waals surface area contributed by atoms with E-state index in [-0.39, 0.29) is 23.0 Å². The Bertz CT molecular complexity index is 404. The molecule has 0 aliphatic heterocycles. The molecule has 18 heavy (non-hydrogen) atoms. The van der Waals surface area contributed by atoms with Crippen molar-refractivity contribution in [3.8, 4) is 0 Å². The first-order chi connectivity index (χ1) is 8.29. The van der Waals surface area contributed by atoms with Crippen LogP contribution in [0.15, 0.2) is 11.6 Å². The second kappa shape index (κ2) is 4.30. The van der Waals surface area contributed by atoms with Crippen molar-refractivity contribution >= 4 is 12.1 Å². The average Bonchev–Trinajstić information content (AvgIpc) is 2.50. The maximum atomic E-state index is 12.0. The summed E-state index contributed by atoms with van der Waals surface area (Å²) in [5, 5.41) is 10.4. The van der Waals surface area contributed by atoms with E-state index in [0.717, 1.165) is 24.7 Å². The number of allylic oxidation sites excluding steroid dienone is 2. The number of rotatable bonds is 1. The largest absolute Gasteiger partial charge is 0.382 e. The Hall–Kier alpha value is -0.960. The molecule has 3 atom stereocenters. The first-order valence-corrected chi connectivity index (χ1v) is 6.69. The molecule has 100 valence electrons. The molecule has 1 N–H and O–H groups in total. The van der Waals surface area contributed by atoms with Crippen LogP contribution in [0.25, 0.3) is 0 Å². The van der Waals surface area contributed by atoms with E-state index in [9.17, 15) is 14.7 Å². The van der Waals surface area contributed by atoms with Crippen molar-refractivity contribution in [3.05, 3.63) is 11.6 Å². The third-order valence-electron chi connectivity index (χ3n) is 4.97. The summed E-state index contributed by atoms with van der Waals surface area (Å²) >= 11 is 0. The van der Waals surface area contributed by atoms with Crippen molar-refractivity contribution in [1.82, 2.24) is 0 Å². The fourth-order valence-corrected chi connectivity index (χ4v) is 3.53. The number of aliphatic hydroxyl groups is 1. The Morgan fingerprint density at radius 3 is 2.61 bits per heavy atom. The van der Waals surface area contributed by atoms with Crippen molar-refractivity contribution in [1.29, 1.82) is 0 Å². The Morgan fingerprint density at radius 2 is 2.00 bits per heavy atom. The van der Waals surface area contributed by atoms with E-state index >= 15 is 0 Å².